The molecule has 0 bridgehead atoms. The van der Waals surface area contributed by atoms with Gasteiger partial charge in [0.05, 0.1) is 26.0 Å². The fourth-order valence-electron chi connectivity index (χ4n) is 2.74. The van der Waals surface area contributed by atoms with Gasteiger partial charge in [-0.25, -0.2) is 9.97 Å². The minimum absolute atomic E-state index is 0.300. The number of amides is 1. The summed E-state index contributed by atoms with van der Waals surface area (Å²) >= 11 is 6.12. The van der Waals surface area contributed by atoms with Crippen LogP contribution in [0, 0.1) is 13.8 Å². The minimum atomic E-state index is -0.329. The summed E-state index contributed by atoms with van der Waals surface area (Å²) in [6.45, 7) is 6.40. The van der Waals surface area contributed by atoms with Crippen LogP contribution in [0.5, 0.6) is 5.75 Å². The molecule has 0 spiro atoms. The maximum absolute atomic E-state index is 12.7. The summed E-state index contributed by atoms with van der Waals surface area (Å²) in [4.78, 5) is 23.5. The zero-order valence-corrected chi connectivity index (χ0v) is 15.8. The van der Waals surface area contributed by atoms with Crippen molar-refractivity contribution >= 4 is 29.0 Å². The molecule has 0 aliphatic carbocycles. The zero-order chi connectivity index (χ0) is 18.7. The third kappa shape index (κ3) is 4.05. The van der Waals surface area contributed by atoms with Crippen LogP contribution in [0.4, 0.5) is 11.5 Å². The van der Waals surface area contributed by atoms with Crippen LogP contribution in [-0.4, -0.2) is 49.3 Å². The van der Waals surface area contributed by atoms with Gasteiger partial charge in [0.25, 0.3) is 5.91 Å². The number of carbonyl (C=O) groups excluding carboxylic acids is 1. The number of hydrogen-bond acceptors (Lipinski definition) is 6. The number of methoxy groups -OCH3 is 1. The normalized spacial score (nSPS) is 14.2. The van der Waals surface area contributed by atoms with Gasteiger partial charge in [-0.2, -0.15) is 0 Å². The molecule has 0 atom stereocenters. The molecular weight excluding hydrogens is 356 g/mol. The Morgan fingerprint density at radius 2 is 1.96 bits per heavy atom. The van der Waals surface area contributed by atoms with E-state index in [4.69, 9.17) is 21.1 Å². The molecule has 1 saturated heterocycles. The average molecular weight is 377 g/mol. The van der Waals surface area contributed by atoms with E-state index in [1.165, 1.54) is 7.11 Å². The van der Waals surface area contributed by atoms with Crippen LogP contribution < -0.4 is 15.0 Å². The lowest BCUT2D eigenvalue weighted by atomic mass is 10.2. The lowest BCUT2D eigenvalue weighted by molar-refractivity contribution is 0.102. The third-order valence-electron chi connectivity index (χ3n) is 4.12. The maximum atomic E-state index is 12.7. The molecule has 7 nitrogen and oxygen atoms in total. The zero-order valence-electron chi connectivity index (χ0n) is 15.0. The molecule has 1 amide bonds. The van der Waals surface area contributed by atoms with E-state index < -0.39 is 0 Å². The molecule has 3 rings (SSSR count). The summed E-state index contributed by atoms with van der Waals surface area (Å²) in [7, 11) is 1.53. The molecule has 0 saturated carbocycles. The summed E-state index contributed by atoms with van der Waals surface area (Å²) in [6, 6.07) is 5.15. The first-order valence-electron chi connectivity index (χ1n) is 8.32. The van der Waals surface area contributed by atoms with Crippen molar-refractivity contribution in [1.29, 1.82) is 0 Å². The summed E-state index contributed by atoms with van der Waals surface area (Å²) < 4.78 is 10.7. The number of nitrogens with zero attached hydrogens (tertiary/aromatic N) is 3. The van der Waals surface area contributed by atoms with Gasteiger partial charge in [-0.3, -0.25) is 4.79 Å². The van der Waals surface area contributed by atoms with E-state index in [0.717, 1.165) is 24.5 Å². The van der Waals surface area contributed by atoms with Crippen LogP contribution in [0.15, 0.2) is 18.2 Å². The Morgan fingerprint density at radius 1 is 1.23 bits per heavy atom. The third-order valence-corrected chi connectivity index (χ3v) is 4.53. The number of aromatic nitrogens is 2. The molecule has 2 aromatic rings. The number of morpholine rings is 1. The molecule has 1 aliphatic heterocycles. The predicted molar refractivity (Wildman–Crippen MR) is 100 cm³/mol. The molecule has 138 valence electrons. The molecule has 8 heteroatoms. The highest BCUT2D eigenvalue weighted by Gasteiger charge is 2.18. The van der Waals surface area contributed by atoms with E-state index in [1.54, 1.807) is 25.1 Å². The van der Waals surface area contributed by atoms with Crippen LogP contribution in [-0.2, 0) is 4.74 Å². The van der Waals surface area contributed by atoms with Crippen molar-refractivity contribution in [3.05, 3.63) is 40.3 Å². The van der Waals surface area contributed by atoms with Crippen molar-refractivity contribution in [2.45, 2.75) is 13.8 Å². The first-order chi connectivity index (χ1) is 12.5. The number of carbonyl (C=O) groups is 1. The van der Waals surface area contributed by atoms with Gasteiger partial charge in [0, 0.05) is 30.2 Å². The van der Waals surface area contributed by atoms with Gasteiger partial charge < -0.3 is 19.7 Å². The van der Waals surface area contributed by atoms with Crippen LogP contribution in [0.2, 0.25) is 5.02 Å². The highest BCUT2D eigenvalue weighted by molar-refractivity contribution is 6.31. The van der Waals surface area contributed by atoms with Gasteiger partial charge in [-0.1, -0.05) is 11.6 Å². The van der Waals surface area contributed by atoms with Crippen molar-refractivity contribution in [3.8, 4) is 5.75 Å². The van der Waals surface area contributed by atoms with Gasteiger partial charge in [-0.15, -0.1) is 0 Å². The van der Waals surface area contributed by atoms with Gasteiger partial charge in [0.15, 0.2) is 0 Å². The second-order valence-corrected chi connectivity index (χ2v) is 6.42. The van der Waals surface area contributed by atoms with E-state index in [9.17, 15) is 4.79 Å². The van der Waals surface area contributed by atoms with Gasteiger partial charge >= 0.3 is 0 Å². The summed E-state index contributed by atoms with van der Waals surface area (Å²) in [5.41, 5.74) is 1.69. The number of benzene rings is 1. The summed E-state index contributed by atoms with van der Waals surface area (Å²) in [5.74, 6) is 1.43. The number of halogens is 1. The van der Waals surface area contributed by atoms with E-state index >= 15 is 0 Å². The molecular formula is C18H21ClN4O3. The topological polar surface area (TPSA) is 76.6 Å². The Hall–Kier alpha value is -2.38. The van der Waals surface area contributed by atoms with E-state index in [2.05, 4.69) is 20.2 Å². The van der Waals surface area contributed by atoms with Crippen molar-refractivity contribution in [2.75, 3.05) is 43.6 Å². The Labute approximate surface area is 157 Å². The van der Waals surface area contributed by atoms with Crippen molar-refractivity contribution in [1.82, 2.24) is 9.97 Å². The number of nitrogens with one attached hydrogen (secondary N) is 1. The molecule has 2 heterocycles. The number of anilines is 2. The van der Waals surface area contributed by atoms with Crippen molar-refractivity contribution < 1.29 is 14.3 Å². The SMILES string of the molecule is COc1cc(Cl)c(C)cc1NC(=O)c1cc(N2CCOCC2)nc(C)n1. The lowest BCUT2D eigenvalue weighted by Crippen LogP contribution is -2.37. The Bertz CT molecular complexity index is 822. The molecule has 26 heavy (non-hydrogen) atoms. The average Bonchev–Trinajstić information content (AvgIpc) is 2.64. The van der Waals surface area contributed by atoms with Crippen LogP contribution in [0.25, 0.3) is 0 Å². The van der Waals surface area contributed by atoms with Gasteiger partial charge in [-0.05, 0) is 25.5 Å². The maximum Gasteiger partial charge on any atom is 0.274 e. The Morgan fingerprint density at radius 3 is 2.65 bits per heavy atom. The number of hydrogen-bond donors (Lipinski definition) is 1. The fourth-order valence-corrected chi connectivity index (χ4v) is 2.89. The Balaban J connectivity index is 1.86. The standard InChI is InChI=1S/C18H21ClN4O3/c1-11-8-14(16(25-3)9-13(11)19)22-18(24)15-10-17(21-12(2)20-15)23-4-6-26-7-5-23/h8-10H,4-7H2,1-3H3,(H,22,24). The highest BCUT2D eigenvalue weighted by Crippen LogP contribution is 2.31. The van der Waals surface area contributed by atoms with Crippen molar-refractivity contribution in [2.24, 2.45) is 0 Å². The lowest BCUT2D eigenvalue weighted by Gasteiger charge is -2.28. The molecule has 0 radical (unpaired) electrons. The number of rotatable bonds is 4. The molecule has 1 N–H and O–H groups in total. The first-order valence-corrected chi connectivity index (χ1v) is 8.69. The highest BCUT2D eigenvalue weighted by atomic mass is 35.5. The second kappa shape index (κ2) is 7.88. The molecule has 1 fully saturated rings. The predicted octanol–water partition coefficient (Wildman–Crippen LogP) is 2.84. The first kappa shape index (κ1) is 18.4. The van der Waals surface area contributed by atoms with Crippen LogP contribution in [0.3, 0.4) is 0 Å². The summed E-state index contributed by atoms with van der Waals surface area (Å²) in [6.07, 6.45) is 0. The molecule has 1 aromatic heterocycles. The van der Waals surface area contributed by atoms with Crippen LogP contribution in [0.1, 0.15) is 21.9 Å². The molecule has 0 unspecified atom stereocenters. The van der Waals surface area contributed by atoms with Gasteiger partial charge in [0.2, 0.25) is 0 Å². The second-order valence-electron chi connectivity index (χ2n) is 6.01. The monoisotopic (exact) mass is 376 g/mol. The fraction of sp³-hybridized carbons (Fsp3) is 0.389. The van der Waals surface area contributed by atoms with Crippen LogP contribution >= 0.6 is 11.6 Å². The summed E-state index contributed by atoms with van der Waals surface area (Å²) in [5, 5.41) is 3.42. The van der Waals surface area contributed by atoms with E-state index in [-0.39, 0.29) is 5.91 Å². The van der Waals surface area contributed by atoms with Crippen molar-refractivity contribution in [3.63, 3.8) is 0 Å². The molecule has 1 aliphatic rings. The largest absolute Gasteiger partial charge is 0.495 e. The smallest absolute Gasteiger partial charge is 0.274 e. The number of ether oxygens (including phenoxy) is 2. The van der Waals surface area contributed by atoms with E-state index in [0.29, 0.717) is 41.2 Å². The molecule has 1 aromatic carbocycles. The Kier molecular flexibility index (Phi) is 5.58. The quantitative estimate of drug-likeness (QED) is 0.884. The number of aryl methyl sites for hydroxylation is 2. The van der Waals surface area contributed by atoms with Gasteiger partial charge in [0.1, 0.15) is 23.1 Å². The van der Waals surface area contributed by atoms with E-state index in [1.807, 2.05) is 6.92 Å². The minimum Gasteiger partial charge on any atom is -0.495 e.